The first-order valence-corrected chi connectivity index (χ1v) is 13.3. The Balaban J connectivity index is 1.93. The van der Waals surface area contributed by atoms with E-state index in [0.717, 1.165) is 19.3 Å². The Labute approximate surface area is 155 Å². The first-order chi connectivity index (χ1) is 11.9. The van der Waals surface area contributed by atoms with Gasteiger partial charge in [0.15, 0.2) is 9.84 Å². The van der Waals surface area contributed by atoms with E-state index in [1.54, 1.807) is 0 Å². The van der Waals surface area contributed by atoms with Crippen molar-refractivity contribution in [1.29, 1.82) is 0 Å². The molecule has 1 saturated heterocycles. The van der Waals surface area contributed by atoms with Crippen LogP contribution in [0.3, 0.4) is 0 Å². The van der Waals surface area contributed by atoms with Gasteiger partial charge in [-0.15, -0.1) is 0 Å². The molecule has 0 aromatic heterocycles. The maximum absolute atomic E-state index is 11.9. The highest BCUT2D eigenvalue weighted by molar-refractivity contribution is 7.94. The van der Waals surface area contributed by atoms with Gasteiger partial charge in [0.05, 0.1) is 18.1 Å². The second kappa shape index (κ2) is 12.3. The minimum atomic E-state index is -3.72. The molecule has 0 aromatic carbocycles. The summed E-state index contributed by atoms with van der Waals surface area (Å²) in [7, 11) is -6.92. The van der Waals surface area contributed by atoms with Crippen LogP contribution >= 0.6 is 0 Å². The molecule has 0 N–H and O–H groups in total. The standard InChI is InChI=1S/C18H36O5S2/c1-2-3-4-5-6-7-8-9-10-11-12-13-15-23-25(21,22)18-14-16-24(19,20)17-18/h18H,2-17H2,1H3. The first-order valence-electron chi connectivity index (χ1n) is 9.96. The summed E-state index contributed by atoms with van der Waals surface area (Å²) in [6.07, 6.45) is 14.8. The topological polar surface area (TPSA) is 77.5 Å². The molecule has 0 spiro atoms. The van der Waals surface area contributed by atoms with Gasteiger partial charge in [-0.1, -0.05) is 77.6 Å². The molecular formula is C18H36O5S2. The van der Waals surface area contributed by atoms with Crippen molar-refractivity contribution in [3.05, 3.63) is 0 Å². The van der Waals surface area contributed by atoms with Crippen LogP contribution in [0.15, 0.2) is 0 Å². The van der Waals surface area contributed by atoms with Crippen molar-refractivity contribution in [3.63, 3.8) is 0 Å². The van der Waals surface area contributed by atoms with Gasteiger partial charge in [0.25, 0.3) is 10.1 Å². The third-order valence-corrected chi connectivity index (χ3v) is 8.54. The van der Waals surface area contributed by atoms with Gasteiger partial charge in [0, 0.05) is 0 Å². The molecule has 0 aliphatic carbocycles. The Hall–Kier alpha value is -0.140. The lowest BCUT2D eigenvalue weighted by atomic mass is 10.1. The molecule has 1 aliphatic rings. The third-order valence-electron chi connectivity index (χ3n) is 4.84. The highest BCUT2D eigenvalue weighted by atomic mass is 32.2. The van der Waals surface area contributed by atoms with Crippen molar-refractivity contribution < 1.29 is 21.0 Å². The molecule has 5 nitrogen and oxygen atoms in total. The molecule has 0 aromatic rings. The molecule has 1 unspecified atom stereocenters. The van der Waals surface area contributed by atoms with Crippen molar-refractivity contribution in [2.45, 2.75) is 95.6 Å². The highest BCUT2D eigenvalue weighted by Crippen LogP contribution is 2.20. The van der Waals surface area contributed by atoms with E-state index in [-0.39, 0.29) is 24.5 Å². The summed E-state index contributed by atoms with van der Waals surface area (Å²) in [5, 5.41) is -0.866. The fourth-order valence-electron chi connectivity index (χ4n) is 3.20. The first kappa shape index (κ1) is 22.9. The second-order valence-corrected chi connectivity index (χ2v) is 11.3. The normalized spacial score (nSPS) is 20.1. The van der Waals surface area contributed by atoms with Gasteiger partial charge >= 0.3 is 0 Å². The zero-order valence-corrected chi connectivity index (χ0v) is 17.4. The van der Waals surface area contributed by atoms with Crippen molar-refractivity contribution in [3.8, 4) is 0 Å². The number of hydrogen-bond acceptors (Lipinski definition) is 5. The van der Waals surface area contributed by atoms with Gasteiger partial charge in [-0.3, -0.25) is 4.18 Å². The van der Waals surface area contributed by atoms with Gasteiger partial charge in [0.2, 0.25) is 0 Å². The maximum atomic E-state index is 11.9. The zero-order chi connectivity index (χ0) is 18.6. The summed E-state index contributed by atoms with van der Waals surface area (Å²) in [5.41, 5.74) is 0. The van der Waals surface area contributed by atoms with E-state index in [4.69, 9.17) is 4.18 Å². The van der Waals surface area contributed by atoms with Crippen LogP contribution in [0.25, 0.3) is 0 Å². The molecular weight excluding hydrogens is 360 g/mol. The van der Waals surface area contributed by atoms with E-state index in [9.17, 15) is 16.8 Å². The summed E-state index contributed by atoms with van der Waals surface area (Å²) >= 11 is 0. The molecule has 0 radical (unpaired) electrons. The van der Waals surface area contributed by atoms with Crippen LogP contribution in [0, 0.1) is 0 Å². The van der Waals surface area contributed by atoms with E-state index in [0.29, 0.717) is 0 Å². The van der Waals surface area contributed by atoms with Crippen molar-refractivity contribution in [2.75, 3.05) is 18.1 Å². The smallest absolute Gasteiger partial charge is 0.270 e. The van der Waals surface area contributed by atoms with E-state index in [1.165, 1.54) is 57.8 Å². The molecule has 0 bridgehead atoms. The molecule has 1 aliphatic heterocycles. The fourth-order valence-corrected chi connectivity index (χ4v) is 7.13. The van der Waals surface area contributed by atoms with Crippen LogP contribution in [0.4, 0.5) is 0 Å². The van der Waals surface area contributed by atoms with E-state index >= 15 is 0 Å². The van der Waals surface area contributed by atoms with Crippen molar-refractivity contribution in [1.82, 2.24) is 0 Å². The Morgan fingerprint density at radius 1 is 0.840 bits per heavy atom. The van der Waals surface area contributed by atoms with E-state index in [1.807, 2.05) is 0 Å². The largest absolute Gasteiger partial charge is 0.271 e. The number of sulfone groups is 1. The molecule has 1 fully saturated rings. The molecule has 1 atom stereocenters. The molecule has 1 heterocycles. The van der Waals surface area contributed by atoms with Crippen molar-refractivity contribution >= 4 is 20.0 Å². The van der Waals surface area contributed by atoms with E-state index in [2.05, 4.69) is 6.92 Å². The molecule has 0 saturated carbocycles. The number of rotatable bonds is 15. The lowest BCUT2D eigenvalue weighted by molar-refractivity contribution is 0.301. The van der Waals surface area contributed by atoms with Gasteiger partial charge in [-0.2, -0.15) is 8.42 Å². The molecule has 25 heavy (non-hydrogen) atoms. The van der Waals surface area contributed by atoms with Gasteiger partial charge in [-0.25, -0.2) is 8.42 Å². The average molecular weight is 397 g/mol. The number of hydrogen-bond donors (Lipinski definition) is 0. The maximum Gasteiger partial charge on any atom is 0.271 e. The molecule has 1 rings (SSSR count). The third kappa shape index (κ3) is 10.6. The summed E-state index contributed by atoms with van der Waals surface area (Å²) in [4.78, 5) is 0. The quantitative estimate of drug-likeness (QED) is 0.306. The van der Waals surface area contributed by atoms with Crippen LogP contribution in [0.5, 0.6) is 0 Å². The Morgan fingerprint density at radius 2 is 1.32 bits per heavy atom. The zero-order valence-electron chi connectivity index (χ0n) is 15.7. The summed E-state index contributed by atoms with van der Waals surface area (Å²) in [5.74, 6) is -0.327. The van der Waals surface area contributed by atoms with Crippen LogP contribution in [-0.4, -0.2) is 40.2 Å². The summed E-state index contributed by atoms with van der Waals surface area (Å²) in [6.45, 7) is 2.41. The minimum absolute atomic E-state index is 0.0428. The SMILES string of the molecule is CCCCCCCCCCCCCCOS(=O)(=O)C1CCS(=O)(=O)C1. The highest BCUT2D eigenvalue weighted by Gasteiger charge is 2.37. The minimum Gasteiger partial charge on any atom is -0.270 e. The Kier molecular flexibility index (Phi) is 11.3. The molecule has 150 valence electrons. The van der Waals surface area contributed by atoms with Crippen molar-refractivity contribution in [2.24, 2.45) is 0 Å². The predicted octanol–water partition coefficient (Wildman–Crippen LogP) is 4.22. The second-order valence-electron chi connectivity index (χ2n) is 7.23. The van der Waals surface area contributed by atoms with Crippen LogP contribution in [0.1, 0.15) is 90.4 Å². The fraction of sp³-hybridized carbons (Fsp3) is 1.00. The van der Waals surface area contributed by atoms with Crippen LogP contribution in [0.2, 0.25) is 0 Å². The lowest BCUT2D eigenvalue weighted by Gasteiger charge is -2.10. The molecule has 7 heteroatoms. The Bertz CT molecular complexity index is 540. The lowest BCUT2D eigenvalue weighted by Crippen LogP contribution is -2.25. The monoisotopic (exact) mass is 396 g/mol. The molecule has 0 amide bonds. The number of unbranched alkanes of at least 4 members (excludes halogenated alkanes) is 11. The van der Waals surface area contributed by atoms with Crippen LogP contribution in [-0.2, 0) is 24.1 Å². The van der Waals surface area contributed by atoms with E-state index < -0.39 is 25.2 Å². The van der Waals surface area contributed by atoms with Gasteiger partial charge in [0.1, 0.15) is 5.25 Å². The van der Waals surface area contributed by atoms with Gasteiger partial charge < -0.3 is 0 Å². The predicted molar refractivity (Wildman–Crippen MR) is 103 cm³/mol. The van der Waals surface area contributed by atoms with Crippen LogP contribution < -0.4 is 0 Å². The van der Waals surface area contributed by atoms with Gasteiger partial charge in [-0.05, 0) is 12.8 Å². The summed E-state index contributed by atoms with van der Waals surface area (Å²) < 4.78 is 51.6. The summed E-state index contributed by atoms with van der Waals surface area (Å²) in [6, 6.07) is 0. The Morgan fingerprint density at radius 3 is 1.76 bits per heavy atom. The average Bonchev–Trinajstić information content (AvgIpc) is 2.93.